The van der Waals surface area contributed by atoms with Crippen LogP contribution in [-0.4, -0.2) is 74.4 Å². The van der Waals surface area contributed by atoms with Crippen LogP contribution >= 0.6 is 0 Å². The highest BCUT2D eigenvalue weighted by Crippen LogP contribution is 2.29. The molecule has 1 heterocycles. The molecule has 1 saturated heterocycles. The number of nitrogens with one attached hydrogen (secondary N) is 1. The number of nitrogens with zero attached hydrogens (tertiary/aromatic N) is 2. The molecule has 0 spiro atoms. The maximum absolute atomic E-state index is 14.1. The second kappa shape index (κ2) is 8.65. The van der Waals surface area contributed by atoms with Gasteiger partial charge >= 0.3 is 6.09 Å². The molecule has 0 bridgehead atoms. The van der Waals surface area contributed by atoms with Crippen molar-refractivity contribution in [2.24, 2.45) is 5.92 Å². The Bertz CT molecular complexity index is 801. The van der Waals surface area contributed by atoms with Gasteiger partial charge in [-0.2, -0.15) is 0 Å². The van der Waals surface area contributed by atoms with Crippen LogP contribution < -0.4 is 5.32 Å². The van der Waals surface area contributed by atoms with Crippen molar-refractivity contribution >= 4 is 21.6 Å². The summed E-state index contributed by atoms with van der Waals surface area (Å²) in [5, 5.41) is 12.2. The van der Waals surface area contributed by atoms with Gasteiger partial charge < -0.3 is 15.3 Å². The number of piperazine rings is 1. The lowest BCUT2D eigenvalue weighted by atomic mass is 9.85. The summed E-state index contributed by atoms with van der Waals surface area (Å²) in [6.45, 7) is 3.38. The molecule has 156 valence electrons. The summed E-state index contributed by atoms with van der Waals surface area (Å²) in [5.41, 5.74) is 0.333. The zero-order valence-corrected chi connectivity index (χ0v) is 16.9. The summed E-state index contributed by atoms with van der Waals surface area (Å²) >= 11 is 0. The molecule has 3 rings (SSSR count). The van der Waals surface area contributed by atoms with Crippen LogP contribution in [0.25, 0.3) is 0 Å². The van der Waals surface area contributed by atoms with Crippen molar-refractivity contribution in [3.63, 3.8) is 0 Å². The van der Waals surface area contributed by atoms with Crippen LogP contribution in [0.2, 0.25) is 0 Å². The summed E-state index contributed by atoms with van der Waals surface area (Å²) in [5.74, 6) is -0.0987. The Morgan fingerprint density at radius 1 is 1.18 bits per heavy atom. The lowest BCUT2D eigenvalue weighted by molar-refractivity contribution is 0.0677. The van der Waals surface area contributed by atoms with Crippen LogP contribution in [0.4, 0.5) is 14.9 Å². The average molecular weight is 414 g/mol. The van der Waals surface area contributed by atoms with Gasteiger partial charge in [-0.3, -0.25) is 4.90 Å². The molecular formula is C19H28FN3O4S. The number of sulfone groups is 1. The highest BCUT2D eigenvalue weighted by molar-refractivity contribution is 7.90. The number of hydrogen-bond donors (Lipinski definition) is 2. The molecule has 9 heteroatoms. The SMILES string of the molecule is CS(=O)(=O)c1ccc(NCC2CCC(N3CCN(C(=O)O)CC3)CC2)c(F)c1. The van der Waals surface area contributed by atoms with Gasteiger partial charge in [0.1, 0.15) is 5.82 Å². The van der Waals surface area contributed by atoms with Crippen molar-refractivity contribution in [2.75, 3.05) is 44.3 Å². The van der Waals surface area contributed by atoms with Gasteiger partial charge in [-0.1, -0.05) is 0 Å². The fourth-order valence-electron chi connectivity index (χ4n) is 4.12. The molecule has 1 aromatic carbocycles. The number of benzene rings is 1. The third-order valence-corrected chi connectivity index (χ3v) is 6.98. The van der Waals surface area contributed by atoms with Gasteiger partial charge in [0.2, 0.25) is 0 Å². The summed E-state index contributed by atoms with van der Waals surface area (Å²) < 4.78 is 37.1. The van der Waals surface area contributed by atoms with E-state index in [-0.39, 0.29) is 4.90 Å². The molecule has 7 nitrogen and oxygen atoms in total. The van der Waals surface area contributed by atoms with E-state index in [0.717, 1.165) is 51.1 Å². The van der Waals surface area contributed by atoms with E-state index in [0.29, 0.717) is 37.3 Å². The first-order chi connectivity index (χ1) is 13.2. The minimum absolute atomic E-state index is 0.0148. The number of carboxylic acid groups (broad SMARTS) is 1. The van der Waals surface area contributed by atoms with Crippen molar-refractivity contribution in [1.82, 2.24) is 9.80 Å². The minimum Gasteiger partial charge on any atom is -0.465 e. The number of amides is 1. The zero-order chi connectivity index (χ0) is 20.3. The highest BCUT2D eigenvalue weighted by atomic mass is 32.2. The van der Waals surface area contributed by atoms with E-state index in [9.17, 15) is 17.6 Å². The van der Waals surface area contributed by atoms with Crippen molar-refractivity contribution in [3.05, 3.63) is 24.0 Å². The molecule has 2 fully saturated rings. The normalized spacial score (nSPS) is 24.1. The molecule has 0 unspecified atom stereocenters. The van der Waals surface area contributed by atoms with Crippen molar-refractivity contribution in [3.8, 4) is 0 Å². The summed E-state index contributed by atoms with van der Waals surface area (Å²) in [4.78, 5) is 14.9. The standard InChI is InChI=1S/C19H28FN3O4S/c1-28(26,27)16-6-7-18(17(20)12-16)21-13-14-2-4-15(5-3-14)22-8-10-23(11-9-22)19(24)25/h6-7,12,14-15,21H,2-5,8-11,13H2,1H3,(H,24,25). The van der Waals surface area contributed by atoms with Gasteiger partial charge in [-0.15, -0.1) is 0 Å². The molecule has 1 saturated carbocycles. The molecule has 1 aliphatic carbocycles. The van der Waals surface area contributed by atoms with E-state index < -0.39 is 21.7 Å². The third-order valence-electron chi connectivity index (χ3n) is 5.87. The van der Waals surface area contributed by atoms with Gasteiger partial charge in [0, 0.05) is 45.0 Å². The third kappa shape index (κ3) is 5.14. The fraction of sp³-hybridized carbons (Fsp3) is 0.632. The first-order valence-electron chi connectivity index (χ1n) is 9.69. The lowest BCUT2D eigenvalue weighted by Gasteiger charge is -2.41. The molecule has 1 amide bonds. The number of hydrogen-bond acceptors (Lipinski definition) is 5. The number of rotatable bonds is 5. The topological polar surface area (TPSA) is 90.0 Å². The van der Waals surface area contributed by atoms with E-state index in [2.05, 4.69) is 10.2 Å². The highest BCUT2D eigenvalue weighted by Gasteiger charge is 2.29. The second-order valence-electron chi connectivity index (χ2n) is 7.77. The van der Waals surface area contributed by atoms with Crippen LogP contribution in [0.3, 0.4) is 0 Å². The molecule has 2 aliphatic rings. The molecular weight excluding hydrogens is 385 g/mol. The van der Waals surface area contributed by atoms with Gasteiger partial charge in [-0.25, -0.2) is 17.6 Å². The first-order valence-corrected chi connectivity index (χ1v) is 11.6. The molecule has 0 aromatic heterocycles. The van der Waals surface area contributed by atoms with E-state index in [1.807, 2.05) is 0 Å². The molecule has 1 aromatic rings. The van der Waals surface area contributed by atoms with Crippen LogP contribution in [0.15, 0.2) is 23.1 Å². The Kier molecular flexibility index (Phi) is 6.44. The van der Waals surface area contributed by atoms with E-state index in [1.165, 1.54) is 17.0 Å². The van der Waals surface area contributed by atoms with Gasteiger partial charge in [-0.05, 0) is 49.8 Å². The fourth-order valence-corrected chi connectivity index (χ4v) is 4.75. The van der Waals surface area contributed by atoms with Crippen molar-refractivity contribution in [1.29, 1.82) is 0 Å². The Morgan fingerprint density at radius 3 is 2.36 bits per heavy atom. The number of carbonyl (C=O) groups is 1. The van der Waals surface area contributed by atoms with Crippen molar-refractivity contribution < 1.29 is 22.7 Å². The quantitative estimate of drug-likeness (QED) is 0.771. The van der Waals surface area contributed by atoms with Gasteiger partial charge in [0.15, 0.2) is 9.84 Å². The molecule has 28 heavy (non-hydrogen) atoms. The lowest BCUT2D eigenvalue weighted by Crippen LogP contribution is -2.52. The molecule has 0 radical (unpaired) electrons. The van der Waals surface area contributed by atoms with Crippen LogP contribution in [0, 0.1) is 11.7 Å². The van der Waals surface area contributed by atoms with E-state index in [4.69, 9.17) is 5.11 Å². The number of anilines is 1. The Balaban J connectivity index is 1.44. The van der Waals surface area contributed by atoms with Crippen molar-refractivity contribution in [2.45, 2.75) is 36.6 Å². The summed E-state index contributed by atoms with van der Waals surface area (Å²) in [6, 6.07) is 4.47. The molecule has 1 aliphatic heterocycles. The smallest absolute Gasteiger partial charge is 0.407 e. The van der Waals surface area contributed by atoms with E-state index in [1.54, 1.807) is 0 Å². The number of halogens is 1. The van der Waals surface area contributed by atoms with Gasteiger partial charge in [0.05, 0.1) is 10.6 Å². The second-order valence-corrected chi connectivity index (χ2v) is 9.79. The summed E-state index contributed by atoms with van der Waals surface area (Å²) in [6.07, 6.45) is 4.43. The largest absolute Gasteiger partial charge is 0.465 e. The average Bonchev–Trinajstić information content (AvgIpc) is 2.67. The van der Waals surface area contributed by atoms with E-state index >= 15 is 0 Å². The van der Waals surface area contributed by atoms with Crippen LogP contribution in [0.1, 0.15) is 25.7 Å². The Morgan fingerprint density at radius 2 is 1.82 bits per heavy atom. The molecule has 2 N–H and O–H groups in total. The Hall–Kier alpha value is -1.87. The Labute approximate surface area is 165 Å². The van der Waals surface area contributed by atoms with Gasteiger partial charge in [0.25, 0.3) is 0 Å². The minimum atomic E-state index is -3.41. The maximum Gasteiger partial charge on any atom is 0.407 e. The first kappa shape index (κ1) is 20.9. The monoisotopic (exact) mass is 413 g/mol. The van der Waals surface area contributed by atoms with Crippen LogP contribution in [0.5, 0.6) is 0 Å². The summed E-state index contributed by atoms with van der Waals surface area (Å²) in [7, 11) is -3.41. The maximum atomic E-state index is 14.1. The molecule has 0 atom stereocenters. The zero-order valence-electron chi connectivity index (χ0n) is 16.1. The van der Waals surface area contributed by atoms with Crippen LogP contribution in [-0.2, 0) is 9.84 Å². The predicted octanol–water partition coefficient (Wildman–Crippen LogP) is 2.50. The predicted molar refractivity (Wildman–Crippen MR) is 105 cm³/mol.